The minimum Gasteiger partial charge on any atom is -0.495 e. The number of ether oxygens (including phenoxy) is 1. The van der Waals surface area contributed by atoms with Crippen molar-refractivity contribution in [3.05, 3.63) is 47.5 Å². The Morgan fingerprint density at radius 3 is 2.71 bits per heavy atom. The first-order valence-corrected chi connectivity index (χ1v) is 6.75. The van der Waals surface area contributed by atoms with Crippen LogP contribution in [0.4, 0.5) is 0 Å². The molecule has 2 aromatic carbocycles. The number of hydrogen-bond acceptors (Lipinski definition) is 2. The zero-order valence-corrected chi connectivity index (χ0v) is 11.2. The van der Waals surface area contributed by atoms with E-state index in [1.807, 2.05) is 42.7 Å². The monoisotopic (exact) mass is 263 g/mol. The fourth-order valence-corrected chi connectivity index (χ4v) is 2.25. The number of hydrogen-bond donors (Lipinski definition) is 0. The van der Waals surface area contributed by atoms with Crippen LogP contribution in [0.1, 0.15) is 0 Å². The summed E-state index contributed by atoms with van der Waals surface area (Å²) in [6, 6.07) is 15.2. The summed E-state index contributed by atoms with van der Waals surface area (Å²) in [4.78, 5) is 1.12. The third-order valence-electron chi connectivity index (χ3n) is 2.45. The lowest BCUT2D eigenvalue weighted by Gasteiger charge is -2.07. The highest BCUT2D eigenvalue weighted by molar-refractivity contribution is 7.98. The number of benzene rings is 2. The number of thioether (sulfide) groups is 1. The van der Waals surface area contributed by atoms with Crippen molar-refractivity contribution in [2.75, 3.05) is 13.4 Å². The molecule has 0 amide bonds. The minimum absolute atomic E-state index is 0.618. The SMILES string of the molecule is COc1ccc(-c2[c]c(SC)ccc2)cc1Cl. The highest BCUT2D eigenvalue weighted by Gasteiger charge is 2.04. The van der Waals surface area contributed by atoms with Gasteiger partial charge in [-0.25, -0.2) is 0 Å². The Morgan fingerprint density at radius 1 is 1.24 bits per heavy atom. The van der Waals surface area contributed by atoms with Crippen LogP contribution in [0.25, 0.3) is 11.1 Å². The Balaban J connectivity index is 2.42. The lowest BCUT2D eigenvalue weighted by atomic mass is 10.1. The van der Waals surface area contributed by atoms with E-state index in [1.54, 1.807) is 18.9 Å². The van der Waals surface area contributed by atoms with Crippen LogP contribution in [0.5, 0.6) is 5.75 Å². The molecule has 17 heavy (non-hydrogen) atoms. The van der Waals surface area contributed by atoms with E-state index in [9.17, 15) is 0 Å². The molecule has 2 rings (SSSR count). The van der Waals surface area contributed by atoms with E-state index >= 15 is 0 Å². The molecule has 1 radical (unpaired) electrons. The summed E-state index contributed by atoms with van der Waals surface area (Å²) in [5, 5.41) is 0.618. The molecule has 0 spiro atoms. The van der Waals surface area contributed by atoms with Gasteiger partial charge in [-0.05, 0) is 35.6 Å². The number of methoxy groups -OCH3 is 1. The van der Waals surface area contributed by atoms with Crippen molar-refractivity contribution >= 4 is 23.4 Å². The van der Waals surface area contributed by atoms with Gasteiger partial charge in [0.25, 0.3) is 0 Å². The molecule has 2 aromatic rings. The predicted molar refractivity (Wildman–Crippen MR) is 74.1 cm³/mol. The summed E-state index contributed by atoms with van der Waals surface area (Å²) in [6.45, 7) is 0. The quantitative estimate of drug-likeness (QED) is 0.752. The van der Waals surface area contributed by atoms with Gasteiger partial charge in [-0.1, -0.05) is 29.8 Å². The summed E-state index contributed by atoms with van der Waals surface area (Å²) in [6.07, 6.45) is 2.04. The molecule has 0 fully saturated rings. The van der Waals surface area contributed by atoms with E-state index in [1.165, 1.54) is 0 Å². The van der Waals surface area contributed by atoms with Gasteiger partial charge in [-0.2, -0.15) is 0 Å². The topological polar surface area (TPSA) is 9.23 Å². The third-order valence-corrected chi connectivity index (χ3v) is 3.42. The van der Waals surface area contributed by atoms with Crippen molar-refractivity contribution in [3.63, 3.8) is 0 Å². The molecule has 0 unspecified atom stereocenters. The Kier molecular flexibility index (Phi) is 3.97. The number of rotatable bonds is 3. The van der Waals surface area contributed by atoms with Gasteiger partial charge in [-0.15, -0.1) is 11.8 Å². The molecule has 0 saturated carbocycles. The molecule has 0 aromatic heterocycles. The van der Waals surface area contributed by atoms with Crippen molar-refractivity contribution in [3.8, 4) is 16.9 Å². The average Bonchev–Trinajstić information content (AvgIpc) is 2.38. The molecule has 0 aliphatic carbocycles. The van der Waals surface area contributed by atoms with Gasteiger partial charge >= 0.3 is 0 Å². The van der Waals surface area contributed by atoms with E-state index in [-0.39, 0.29) is 0 Å². The largest absolute Gasteiger partial charge is 0.495 e. The Bertz CT molecular complexity index is 525. The van der Waals surface area contributed by atoms with Crippen LogP contribution in [0.15, 0.2) is 41.3 Å². The van der Waals surface area contributed by atoms with Gasteiger partial charge in [0, 0.05) is 11.0 Å². The van der Waals surface area contributed by atoms with E-state index < -0.39 is 0 Å². The first-order valence-electron chi connectivity index (χ1n) is 5.15. The zero-order valence-electron chi connectivity index (χ0n) is 9.66. The average molecular weight is 264 g/mol. The summed E-state index contributed by atoms with van der Waals surface area (Å²) in [5.41, 5.74) is 2.09. The van der Waals surface area contributed by atoms with Gasteiger partial charge in [-0.3, -0.25) is 0 Å². The van der Waals surface area contributed by atoms with Crippen molar-refractivity contribution in [1.82, 2.24) is 0 Å². The second kappa shape index (κ2) is 5.48. The first-order chi connectivity index (χ1) is 8.24. The Morgan fingerprint density at radius 2 is 2.06 bits per heavy atom. The van der Waals surface area contributed by atoms with E-state index in [2.05, 4.69) is 6.07 Å². The summed E-state index contributed by atoms with van der Waals surface area (Å²) in [5.74, 6) is 0.691. The lowest BCUT2D eigenvalue weighted by Crippen LogP contribution is -1.85. The standard InChI is InChI=1S/C14H12ClOS/c1-16-14-7-6-11(9-13(14)15)10-4-3-5-12(8-10)17-2/h3-7,9H,1-2H3. The molecular weight excluding hydrogens is 252 g/mol. The van der Waals surface area contributed by atoms with E-state index in [4.69, 9.17) is 16.3 Å². The molecule has 1 nitrogen and oxygen atoms in total. The molecule has 87 valence electrons. The maximum Gasteiger partial charge on any atom is 0.137 e. The molecule has 0 heterocycles. The van der Waals surface area contributed by atoms with Gasteiger partial charge in [0.2, 0.25) is 0 Å². The fourth-order valence-electron chi connectivity index (χ4n) is 1.57. The highest BCUT2D eigenvalue weighted by atomic mass is 35.5. The maximum atomic E-state index is 6.11. The summed E-state index contributed by atoms with van der Waals surface area (Å²) >= 11 is 7.79. The maximum absolute atomic E-state index is 6.11. The van der Waals surface area contributed by atoms with Gasteiger partial charge in [0.05, 0.1) is 12.1 Å². The molecule has 3 heteroatoms. The number of halogens is 1. The van der Waals surface area contributed by atoms with Gasteiger partial charge in [0.15, 0.2) is 0 Å². The Labute approximate surface area is 111 Å². The summed E-state index contributed by atoms with van der Waals surface area (Å²) in [7, 11) is 1.61. The molecule has 0 aliphatic rings. The van der Waals surface area contributed by atoms with Gasteiger partial charge in [0.1, 0.15) is 5.75 Å². The van der Waals surface area contributed by atoms with Crippen LogP contribution in [0, 0.1) is 6.07 Å². The first kappa shape index (κ1) is 12.3. The lowest BCUT2D eigenvalue weighted by molar-refractivity contribution is 0.415. The van der Waals surface area contributed by atoms with Crippen molar-refractivity contribution in [2.45, 2.75) is 4.90 Å². The van der Waals surface area contributed by atoms with Crippen LogP contribution in [0.3, 0.4) is 0 Å². The van der Waals surface area contributed by atoms with E-state index in [0.29, 0.717) is 10.8 Å². The molecule has 0 aliphatic heterocycles. The van der Waals surface area contributed by atoms with Crippen LogP contribution in [-0.2, 0) is 0 Å². The molecule has 0 atom stereocenters. The van der Waals surface area contributed by atoms with Crippen LogP contribution in [-0.4, -0.2) is 13.4 Å². The molecule has 0 N–H and O–H groups in total. The molecule has 0 saturated heterocycles. The van der Waals surface area contributed by atoms with Crippen LogP contribution in [0.2, 0.25) is 5.02 Å². The Hall–Kier alpha value is -1.12. The zero-order chi connectivity index (χ0) is 12.3. The van der Waals surface area contributed by atoms with Crippen molar-refractivity contribution < 1.29 is 4.74 Å². The second-order valence-corrected chi connectivity index (χ2v) is 4.74. The predicted octanol–water partition coefficient (Wildman–Crippen LogP) is 4.54. The van der Waals surface area contributed by atoms with Crippen LogP contribution >= 0.6 is 23.4 Å². The third kappa shape index (κ3) is 2.76. The van der Waals surface area contributed by atoms with Crippen molar-refractivity contribution in [1.29, 1.82) is 0 Å². The smallest absolute Gasteiger partial charge is 0.137 e. The van der Waals surface area contributed by atoms with Gasteiger partial charge < -0.3 is 4.74 Å². The van der Waals surface area contributed by atoms with E-state index in [0.717, 1.165) is 16.0 Å². The fraction of sp³-hybridized carbons (Fsp3) is 0.143. The highest BCUT2D eigenvalue weighted by Crippen LogP contribution is 2.31. The summed E-state index contributed by atoms with van der Waals surface area (Å²) < 4.78 is 5.13. The van der Waals surface area contributed by atoms with Crippen LogP contribution < -0.4 is 4.74 Å². The molecule has 0 bridgehead atoms. The van der Waals surface area contributed by atoms with Crippen molar-refractivity contribution in [2.24, 2.45) is 0 Å². The minimum atomic E-state index is 0.618. The normalized spacial score (nSPS) is 10.3. The second-order valence-electron chi connectivity index (χ2n) is 3.48. The molecular formula is C14H12ClOS.